The van der Waals surface area contributed by atoms with Crippen molar-refractivity contribution < 1.29 is 0 Å². The van der Waals surface area contributed by atoms with E-state index in [-0.39, 0.29) is 0 Å². The molecule has 0 saturated heterocycles. The predicted molar refractivity (Wildman–Crippen MR) is 46.9 cm³/mol. The fourth-order valence-electron chi connectivity index (χ4n) is 0.139. The molecule has 0 amide bonds. The van der Waals surface area contributed by atoms with Gasteiger partial charge in [0.25, 0.3) is 0 Å². The lowest BCUT2D eigenvalue weighted by Crippen LogP contribution is -1.62. The molecule has 0 radical (unpaired) electrons. The van der Waals surface area contributed by atoms with Gasteiger partial charge in [-0.1, -0.05) is 29.4 Å². The zero-order valence-electron chi connectivity index (χ0n) is 4.09. The molecular weight excluding hydrogens is 164 g/mol. The average molecular weight is 172 g/mol. The zero-order chi connectivity index (χ0) is 5.54. The van der Waals surface area contributed by atoms with E-state index in [1.54, 1.807) is 9.83 Å². The van der Waals surface area contributed by atoms with E-state index >= 15 is 0 Å². The maximum Gasteiger partial charge on any atom is 0.00427 e. The first-order valence-corrected chi connectivity index (χ1v) is 6.72. The highest BCUT2D eigenvalue weighted by Gasteiger charge is 1.82. The maximum absolute atomic E-state index is 3.95. The fourth-order valence-corrected chi connectivity index (χ4v) is 3.41. The van der Waals surface area contributed by atoms with Crippen LogP contribution in [0, 0.1) is 0 Å². The third-order valence-corrected chi connectivity index (χ3v) is 5.13. The standard InChI is InChI=1S/C3H8S4/c1-2-3-5-7-6-4/h4H,2-3H2,1H3. The smallest absolute Gasteiger partial charge is 0.00427 e. The van der Waals surface area contributed by atoms with Crippen LogP contribution in [0.3, 0.4) is 0 Å². The molecule has 0 nitrogen and oxygen atoms in total. The van der Waals surface area contributed by atoms with Crippen molar-refractivity contribution in [2.75, 3.05) is 5.75 Å². The topological polar surface area (TPSA) is 0 Å². The summed E-state index contributed by atoms with van der Waals surface area (Å²) in [6, 6.07) is 0. The van der Waals surface area contributed by atoms with Crippen LogP contribution in [0.25, 0.3) is 0 Å². The van der Waals surface area contributed by atoms with Gasteiger partial charge in [0.15, 0.2) is 0 Å². The maximum atomic E-state index is 3.95. The monoisotopic (exact) mass is 172 g/mol. The summed E-state index contributed by atoms with van der Waals surface area (Å²) >= 11 is 3.95. The third-order valence-electron chi connectivity index (χ3n) is 0.366. The lowest BCUT2D eigenvalue weighted by molar-refractivity contribution is 1.11. The Hall–Kier alpha value is 1.40. The Morgan fingerprint density at radius 3 is 2.71 bits per heavy atom. The summed E-state index contributed by atoms with van der Waals surface area (Å²) in [7, 11) is 5.10. The van der Waals surface area contributed by atoms with Crippen LogP contribution in [-0.2, 0) is 0 Å². The Labute approximate surface area is 61.2 Å². The van der Waals surface area contributed by atoms with Gasteiger partial charge in [0.2, 0.25) is 0 Å². The molecule has 7 heavy (non-hydrogen) atoms. The minimum Gasteiger partial charge on any atom is -0.0989 e. The summed E-state index contributed by atoms with van der Waals surface area (Å²) in [5.74, 6) is 1.23. The van der Waals surface area contributed by atoms with Crippen LogP contribution >= 0.6 is 42.1 Å². The third kappa shape index (κ3) is 7.40. The molecule has 0 aromatic heterocycles. The highest BCUT2D eigenvalue weighted by molar-refractivity contribution is 9.23. The lowest BCUT2D eigenvalue weighted by Gasteiger charge is -1.88. The molecule has 0 unspecified atom stereocenters. The van der Waals surface area contributed by atoms with Crippen LogP contribution in [0.2, 0.25) is 0 Å². The highest BCUT2D eigenvalue weighted by Crippen LogP contribution is 2.36. The number of hydrogen-bond donors (Lipinski definition) is 1. The van der Waals surface area contributed by atoms with Crippen molar-refractivity contribution in [1.29, 1.82) is 0 Å². The molecule has 0 aromatic rings. The summed E-state index contributed by atoms with van der Waals surface area (Å²) in [6.45, 7) is 2.18. The lowest BCUT2D eigenvalue weighted by atomic mass is 10.6. The molecule has 0 aliphatic heterocycles. The van der Waals surface area contributed by atoms with Crippen molar-refractivity contribution >= 4 is 42.1 Å². The molecule has 0 fully saturated rings. The molecule has 0 rings (SSSR count). The van der Waals surface area contributed by atoms with Crippen molar-refractivity contribution in [3.8, 4) is 0 Å². The normalized spacial score (nSPS) is 9.43. The Balaban J connectivity index is 2.45. The quantitative estimate of drug-likeness (QED) is 0.393. The van der Waals surface area contributed by atoms with Crippen molar-refractivity contribution in [3.05, 3.63) is 0 Å². The van der Waals surface area contributed by atoms with Gasteiger partial charge in [0, 0.05) is 5.75 Å². The first-order valence-electron chi connectivity index (χ1n) is 2.01. The number of rotatable bonds is 4. The highest BCUT2D eigenvalue weighted by atomic mass is 33.7. The van der Waals surface area contributed by atoms with E-state index in [4.69, 9.17) is 0 Å². The Bertz CT molecular complexity index is 26.1. The SMILES string of the molecule is CCCSSSS. The molecule has 4 heteroatoms. The van der Waals surface area contributed by atoms with Crippen LogP contribution in [0.15, 0.2) is 0 Å². The zero-order valence-corrected chi connectivity index (χ0v) is 7.43. The van der Waals surface area contributed by atoms with Crippen molar-refractivity contribution in [1.82, 2.24) is 0 Å². The van der Waals surface area contributed by atoms with Gasteiger partial charge < -0.3 is 0 Å². The second-order valence-corrected chi connectivity index (χ2v) is 6.02. The van der Waals surface area contributed by atoms with Crippen molar-refractivity contribution in [2.45, 2.75) is 13.3 Å². The van der Waals surface area contributed by atoms with Gasteiger partial charge >= 0.3 is 0 Å². The summed E-state index contributed by atoms with van der Waals surface area (Å²) < 4.78 is 0. The second kappa shape index (κ2) is 7.40. The van der Waals surface area contributed by atoms with Crippen molar-refractivity contribution in [3.63, 3.8) is 0 Å². The summed E-state index contributed by atoms with van der Waals surface area (Å²) in [4.78, 5) is 0. The Kier molecular flexibility index (Phi) is 8.88. The molecule has 0 heterocycles. The van der Waals surface area contributed by atoms with Crippen LogP contribution in [0.4, 0.5) is 0 Å². The predicted octanol–water partition coefficient (Wildman–Crippen LogP) is 3.27. The van der Waals surface area contributed by atoms with Gasteiger partial charge in [-0.05, 0) is 26.1 Å². The minimum atomic E-state index is 1.23. The average Bonchev–Trinajstić information content (AvgIpc) is 1.69. The number of thiol groups is 1. The van der Waals surface area contributed by atoms with E-state index in [9.17, 15) is 0 Å². The summed E-state index contributed by atoms with van der Waals surface area (Å²) in [6.07, 6.45) is 1.26. The van der Waals surface area contributed by atoms with Gasteiger partial charge in [-0.15, -0.1) is 0 Å². The summed E-state index contributed by atoms with van der Waals surface area (Å²) in [5, 5.41) is 0. The van der Waals surface area contributed by atoms with Gasteiger partial charge in [0.1, 0.15) is 0 Å². The van der Waals surface area contributed by atoms with Crippen LogP contribution < -0.4 is 0 Å². The molecule has 0 aliphatic rings. The first kappa shape index (κ1) is 8.40. The van der Waals surface area contributed by atoms with Crippen LogP contribution in [0.1, 0.15) is 13.3 Å². The molecule has 44 valence electrons. The Morgan fingerprint density at radius 2 is 2.29 bits per heavy atom. The molecule has 0 N–H and O–H groups in total. The van der Waals surface area contributed by atoms with Gasteiger partial charge in [-0.25, -0.2) is 0 Å². The largest absolute Gasteiger partial charge is 0.0989 e. The van der Waals surface area contributed by atoms with Crippen molar-refractivity contribution in [2.24, 2.45) is 0 Å². The molecule has 0 aliphatic carbocycles. The fraction of sp³-hybridized carbons (Fsp3) is 1.00. The van der Waals surface area contributed by atoms with Crippen LogP contribution in [-0.4, -0.2) is 5.75 Å². The van der Waals surface area contributed by atoms with Gasteiger partial charge in [-0.3, -0.25) is 0 Å². The van der Waals surface area contributed by atoms with Gasteiger partial charge in [-0.2, -0.15) is 0 Å². The van der Waals surface area contributed by atoms with E-state index < -0.39 is 0 Å². The van der Waals surface area contributed by atoms with E-state index in [1.807, 2.05) is 10.8 Å². The number of hydrogen-bond acceptors (Lipinski definition) is 4. The van der Waals surface area contributed by atoms with E-state index in [0.717, 1.165) is 0 Å². The van der Waals surface area contributed by atoms with Gasteiger partial charge in [0.05, 0.1) is 0 Å². The molecule has 0 saturated carbocycles. The molecule has 0 spiro atoms. The first-order chi connectivity index (χ1) is 3.41. The molecule has 0 atom stereocenters. The van der Waals surface area contributed by atoms with Crippen LogP contribution in [0.5, 0.6) is 0 Å². The van der Waals surface area contributed by atoms with E-state index in [2.05, 4.69) is 18.6 Å². The molecule has 0 bridgehead atoms. The van der Waals surface area contributed by atoms with E-state index in [1.165, 1.54) is 22.0 Å². The summed E-state index contributed by atoms with van der Waals surface area (Å²) in [5.41, 5.74) is 0. The van der Waals surface area contributed by atoms with E-state index in [0.29, 0.717) is 0 Å². The molecular formula is C3H8S4. The molecule has 0 aromatic carbocycles. The second-order valence-electron chi connectivity index (χ2n) is 0.965. The minimum absolute atomic E-state index is 1.23. The Morgan fingerprint density at radius 1 is 1.57 bits per heavy atom.